The first-order valence-electron chi connectivity index (χ1n) is 7.77. The normalized spacial score (nSPS) is 14.1. The number of carbonyl (C=O) groups is 1. The largest absolute Gasteiger partial charge is 0.358 e. The average Bonchev–Trinajstić information content (AvgIpc) is 2.92. The molecule has 0 radical (unpaired) electrons. The van der Waals surface area contributed by atoms with E-state index in [4.69, 9.17) is 0 Å². The number of hydrogen-bond acceptors (Lipinski definition) is 1. The van der Waals surface area contributed by atoms with Gasteiger partial charge in [0.25, 0.3) is 5.91 Å². The summed E-state index contributed by atoms with van der Waals surface area (Å²) in [5.74, 6) is -0.207. The predicted molar refractivity (Wildman–Crippen MR) is 87.9 cm³/mol. The molecule has 3 aromatic rings. The number of nitrogens with zero attached hydrogens (tertiary/aromatic N) is 1. The third-order valence-corrected chi connectivity index (χ3v) is 4.60. The Morgan fingerprint density at radius 2 is 2.04 bits per heavy atom. The molecule has 4 heteroatoms. The zero-order chi connectivity index (χ0) is 16.0. The number of carbonyl (C=O) groups excluding carboxylic acids is 1. The lowest BCUT2D eigenvalue weighted by Gasteiger charge is -2.28. The number of aryl methyl sites for hydroxylation is 1. The summed E-state index contributed by atoms with van der Waals surface area (Å²) < 4.78 is 13.6. The molecule has 0 aliphatic carbocycles. The van der Waals surface area contributed by atoms with Gasteiger partial charge in [-0.1, -0.05) is 18.2 Å². The number of nitrogens with one attached hydrogen (secondary N) is 1. The number of benzene rings is 2. The number of amides is 1. The molecule has 2 heterocycles. The monoisotopic (exact) mass is 308 g/mol. The van der Waals surface area contributed by atoms with Crippen molar-refractivity contribution in [3.05, 3.63) is 70.7 Å². The fourth-order valence-electron chi connectivity index (χ4n) is 3.34. The van der Waals surface area contributed by atoms with Crippen LogP contribution in [0.25, 0.3) is 10.9 Å². The molecule has 1 N–H and O–H groups in total. The number of aromatic amines is 1. The molecule has 0 unspecified atom stereocenters. The summed E-state index contributed by atoms with van der Waals surface area (Å²) in [6.07, 6.45) is 0.767. The summed E-state index contributed by atoms with van der Waals surface area (Å²) in [6, 6.07) is 12.4. The van der Waals surface area contributed by atoms with E-state index in [2.05, 4.69) is 4.98 Å². The van der Waals surface area contributed by atoms with Crippen molar-refractivity contribution in [1.29, 1.82) is 0 Å². The first-order chi connectivity index (χ1) is 11.1. The highest BCUT2D eigenvalue weighted by Gasteiger charge is 2.25. The predicted octanol–water partition coefficient (Wildman–Crippen LogP) is 3.81. The second-order valence-corrected chi connectivity index (χ2v) is 6.06. The Morgan fingerprint density at radius 1 is 1.22 bits per heavy atom. The van der Waals surface area contributed by atoms with E-state index in [1.54, 1.807) is 12.1 Å². The van der Waals surface area contributed by atoms with Crippen LogP contribution in [0.4, 0.5) is 4.39 Å². The lowest BCUT2D eigenvalue weighted by molar-refractivity contribution is 0.0734. The van der Waals surface area contributed by atoms with Gasteiger partial charge in [-0.05, 0) is 36.8 Å². The summed E-state index contributed by atoms with van der Waals surface area (Å²) in [7, 11) is 0. The van der Waals surface area contributed by atoms with Gasteiger partial charge >= 0.3 is 0 Å². The molecule has 0 spiro atoms. The van der Waals surface area contributed by atoms with E-state index >= 15 is 0 Å². The van der Waals surface area contributed by atoms with E-state index in [1.807, 2.05) is 36.1 Å². The van der Waals surface area contributed by atoms with Gasteiger partial charge in [-0.25, -0.2) is 4.39 Å². The second kappa shape index (κ2) is 5.23. The quantitative estimate of drug-likeness (QED) is 0.729. The number of halogens is 1. The van der Waals surface area contributed by atoms with Crippen LogP contribution in [0, 0.1) is 12.7 Å². The summed E-state index contributed by atoms with van der Waals surface area (Å²) >= 11 is 0. The van der Waals surface area contributed by atoms with Crippen LogP contribution in [0.5, 0.6) is 0 Å². The van der Waals surface area contributed by atoms with E-state index in [0.29, 0.717) is 13.1 Å². The third-order valence-electron chi connectivity index (χ3n) is 4.60. The van der Waals surface area contributed by atoms with Crippen molar-refractivity contribution in [2.75, 3.05) is 6.54 Å². The zero-order valence-corrected chi connectivity index (χ0v) is 12.9. The molecule has 0 bridgehead atoms. The number of hydrogen-bond donors (Lipinski definition) is 1. The highest BCUT2D eigenvalue weighted by atomic mass is 19.1. The van der Waals surface area contributed by atoms with Crippen molar-refractivity contribution in [1.82, 2.24) is 9.88 Å². The molecule has 1 aliphatic rings. The minimum absolute atomic E-state index is 0.0412. The molecule has 3 nitrogen and oxygen atoms in total. The summed E-state index contributed by atoms with van der Waals surface area (Å²) in [4.78, 5) is 18.0. The summed E-state index contributed by atoms with van der Waals surface area (Å²) in [6.45, 7) is 3.14. The number of H-pyrrole nitrogens is 1. The van der Waals surface area contributed by atoms with E-state index in [-0.39, 0.29) is 11.7 Å². The molecule has 0 atom stereocenters. The van der Waals surface area contributed by atoms with Crippen LogP contribution in [-0.4, -0.2) is 22.3 Å². The fourth-order valence-corrected chi connectivity index (χ4v) is 3.34. The molecule has 0 saturated heterocycles. The lowest BCUT2D eigenvalue weighted by atomic mass is 10.0. The highest BCUT2D eigenvalue weighted by molar-refractivity contribution is 5.96. The van der Waals surface area contributed by atoms with Crippen molar-refractivity contribution in [2.45, 2.75) is 19.9 Å². The number of rotatable bonds is 1. The van der Waals surface area contributed by atoms with Crippen molar-refractivity contribution >= 4 is 16.8 Å². The molecule has 116 valence electrons. The fraction of sp³-hybridized carbons (Fsp3) is 0.211. The minimum Gasteiger partial charge on any atom is -0.358 e. The molecule has 1 aliphatic heterocycles. The van der Waals surface area contributed by atoms with Crippen molar-refractivity contribution in [3.8, 4) is 0 Å². The van der Waals surface area contributed by atoms with Crippen LogP contribution >= 0.6 is 0 Å². The molecular formula is C19H17FN2O. The van der Waals surface area contributed by atoms with Crippen LogP contribution < -0.4 is 0 Å². The average molecular weight is 308 g/mol. The topological polar surface area (TPSA) is 36.1 Å². The lowest BCUT2D eigenvalue weighted by Crippen LogP contribution is -2.36. The maximum atomic E-state index is 13.6. The molecule has 2 aromatic carbocycles. The molecule has 4 rings (SSSR count). The summed E-state index contributed by atoms with van der Waals surface area (Å²) in [5.41, 5.74) is 4.80. The van der Waals surface area contributed by atoms with Gasteiger partial charge in [0.05, 0.1) is 0 Å². The Kier molecular flexibility index (Phi) is 3.18. The molecule has 1 amide bonds. The van der Waals surface area contributed by atoms with Crippen LogP contribution in [-0.2, 0) is 13.0 Å². The van der Waals surface area contributed by atoms with Crippen LogP contribution in [0.2, 0.25) is 0 Å². The third kappa shape index (κ3) is 2.31. The van der Waals surface area contributed by atoms with E-state index in [9.17, 15) is 9.18 Å². The SMILES string of the molecule is Cc1ccccc1C(=O)N1CCc2[nH]c3ccc(F)cc3c2C1. The van der Waals surface area contributed by atoms with Gasteiger partial charge in [-0.15, -0.1) is 0 Å². The van der Waals surface area contributed by atoms with E-state index < -0.39 is 0 Å². The number of fused-ring (bicyclic) bond motifs is 3. The van der Waals surface area contributed by atoms with Crippen LogP contribution in [0.1, 0.15) is 27.2 Å². The van der Waals surface area contributed by atoms with Crippen molar-refractivity contribution < 1.29 is 9.18 Å². The zero-order valence-electron chi connectivity index (χ0n) is 12.9. The Balaban J connectivity index is 1.71. The number of aromatic nitrogens is 1. The Bertz CT molecular complexity index is 913. The van der Waals surface area contributed by atoms with E-state index in [0.717, 1.165) is 39.7 Å². The highest BCUT2D eigenvalue weighted by Crippen LogP contribution is 2.29. The Morgan fingerprint density at radius 3 is 2.87 bits per heavy atom. The molecule has 23 heavy (non-hydrogen) atoms. The minimum atomic E-state index is -0.248. The first-order valence-corrected chi connectivity index (χ1v) is 7.77. The second-order valence-electron chi connectivity index (χ2n) is 6.06. The van der Waals surface area contributed by atoms with Crippen LogP contribution in [0.3, 0.4) is 0 Å². The molecule has 0 fully saturated rings. The first kappa shape index (κ1) is 14.0. The van der Waals surface area contributed by atoms with Gasteiger partial charge in [0.2, 0.25) is 0 Å². The van der Waals surface area contributed by atoms with Crippen molar-refractivity contribution in [3.63, 3.8) is 0 Å². The smallest absolute Gasteiger partial charge is 0.254 e. The molecule has 1 aromatic heterocycles. The standard InChI is InChI=1S/C19H17FN2O/c1-12-4-2-3-5-14(12)19(23)22-9-8-18-16(11-22)15-10-13(20)6-7-17(15)21-18/h2-7,10,21H,8-9,11H2,1H3. The Labute approximate surface area is 133 Å². The maximum Gasteiger partial charge on any atom is 0.254 e. The van der Waals surface area contributed by atoms with Gasteiger partial charge < -0.3 is 9.88 Å². The van der Waals surface area contributed by atoms with Crippen LogP contribution in [0.15, 0.2) is 42.5 Å². The van der Waals surface area contributed by atoms with E-state index in [1.165, 1.54) is 6.07 Å². The maximum absolute atomic E-state index is 13.6. The summed E-state index contributed by atoms with van der Waals surface area (Å²) in [5, 5.41) is 0.877. The van der Waals surface area contributed by atoms with Gasteiger partial charge in [-0.2, -0.15) is 0 Å². The van der Waals surface area contributed by atoms with Gasteiger partial charge in [0.15, 0.2) is 0 Å². The Hall–Kier alpha value is -2.62. The van der Waals surface area contributed by atoms with Crippen molar-refractivity contribution in [2.24, 2.45) is 0 Å². The van der Waals surface area contributed by atoms with Gasteiger partial charge in [0, 0.05) is 47.2 Å². The van der Waals surface area contributed by atoms with Gasteiger partial charge in [-0.3, -0.25) is 4.79 Å². The molecular weight excluding hydrogens is 291 g/mol. The molecule has 0 saturated carbocycles. The van der Waals surface area contributed by atoms with Gasteiger partial charge in [0.1, 0.15) is 5.82 Å².